The lowest BCUT2D eigenvalue weighted by Gasteiger charge is -2.24. The van der Waals surface area contributed by atoms with Gasteiger partial charge in [0, 0.05) is 31.2 Å². The van der Waals surface area contributed by atoms with Crippen LogP contribution >= 0.6 is 0 Å². The van der Waals surface area contributed by atoms with Crippen molar-refractivity contribution in [3.05, 3.63) is 35.4 Å². The molecule has 0 heterocycles. The van der Waals surface area contributed by atoms with Crippen molar-refractivity contribution in [3.8, 4) is 0 Å². The minimum absolute atomic E-state index is 0.0618. The van der Waals surface area contributed by atoms with E-state index in [1.165, 1.54) is 5.56 Å². The first-order valence-corrected chi connectivity index (χ1v) is 6.89. The second-order valence-electron chi connectivity index (χ2n) is 4.90. The molecule has 0 saturated carbocycles. The molecule has 0 aromatic heterocycles. The summed E-state index contributed by atoms with van der Waals surface area (Å²) in [6.45, 7) is 9.46. The maximum atomic E-state index is 11.7. The van der Waals surface area contributed by atoms with Gasteiger partial charge in [0.2, 0.25) is 0 Å². The zero-order valence-corrected chi connectivity index (χ0v) is 12.1. The van der Waals surface area contributed by atoms with E-state index in [0.29, 0.717) is 24.7 Å². The third-order valence-electron chi connectivity index (χ3n) is 3.17. The fourth-order valence-electron chi connectivity index (χ4n) is 1.94. The Labute approximate surface area is 116 Å². The number of rotatable bonds is 7. The second-order valence-corrected chi connectivity index (χ2v) is 4.90. The van der Waals surface area contributed by atoms with E-state index in [-0.39, 0.29) is 5.91 Å². The van der Waals surface area contributed by atoms with Gasteiger partial charge in [-0.1, -0.05) is 19.1 Å². The summed E-state index contributed by atoms with van der Waals surface area (Å²) < 4.78 is 0. The van der Waals surface area contributed by atoms with E-state index in [2.05, 4.69) is 31.0 Å². The van der Waals surface area contributed by atoms with Crippen molar-refractivity contribution in [2.45, 2.75) is 33.4 Å². The lowest BCUT2D eigenvalue weighted by Crippen LogP contribution is -2.30. The number of amides is 1. The normalized spacial score (nSPS) is 11.1. The van der Waals surface area contributed by atoms with Crippen LogP contribution in [0.25, 0.3) is 0 Å². The number of hydrogen-bond donors (Lipinski definition) is 2. The Kier molecular flexibility index (Phi) is 6.53. The first-order valence-electron chi connectivity index (χ1n) is 6.89. The van der Waals surface area contributed by atoms with Gasteiger partial charge in [0.25, 0.3) is 5.91 Å². The summed E-state index contributed by atoms with van der Waals surface area (Å²) in [4.78, 5) is 14.1. The van der Waals surface area contributed by atoms with E-state index in [1.54, 1.807) is 0 Å². The molecule has 0 bridgehead atoms. The van der Waals surface area contributed by atoms with Crippen molar-refractivity contribution in [1.82, 2.24) is 10.2 Å². The molecule has 0 fully saturated rings. The highest BCUT2D eigenvalue weighted by atomic mass is 16.1. The lowest BCUT2D eigenvalue weighted by atomic mass is 10.1. The van der Waals surface area contributed by atoms with E-state index in [4.69, 9.17) is 5.73 Å². The van der Waals surface area contributed by atoms with Crippen molar-refractivity contribution in [2.75, 3.05) is 19.6 Å². The topological polar surface area (TPSA) is 58.4 Å². The maximum absolute atomic E-state index is 11.7. The quantitative estimate of drug-likeness (QED) is 0.785. The molecule has 0 aliphatic rings. The molecule has 3 N–H and O–H groups in total. The average molecular weight is 263 g/mol. The molecule has 0 unspecified atom stereocenters. The summed E-state index contributed by atoms with van der Waals surface area (Å²) in [5.74, 6) is -0.0618. The molecule has 1 aromatic carbocycles. The molecule has 0 aliphatic carbocycles. The van der Waals surface area contributed by atoms with Crippen molar-refractivity contribution in [1.29, 1.82) is 0 Å². The summed E-state index contributed by atoms with van der Waals surface area (Å²) in [6.07, 6.45) is 0. The lowest BCUT2D eigenvalue weighted by molar-refractivity contribution is 0.0954. The van der Waals surface area contributed by atoms with E-state index in [9.17, 15) is 4.79 Å². The van der Waals surface area contributed by atoms with E-state index >= 15 is 0 Å². The minimum atomic E-state index is -0.0618. The molecular formula is C15H25N3O. The third kappa shape index (κ3) is 5.01. The Balaban J connectivity index is 2.63. The van der Waals surface area contributed by atoms with Gasteiger partial charge in [0.1, 0.15) is 0 Å². The molecule has 1 rings (SSSR count). The van der Waals surface area contributed by atoms with Gasteiger partial charge in [-0.25, -0.2) is 0 Å². The fraction of sp³-hybridized carbons (Fsp3) is 0.533. The Morgan fingerprint density at radius 2 is 1.95 bits per heavy atom. The van der Waals surface area contributed by atoms with Gasteiger partial charge in [0.05, 0.1) is 0 Å². The molecule has 0 spiro atoms. The van der Waals surface area contributed by atoms with Crippen molar-refractivity contribution >= 4 is 5.91 Å². The highest BCUT2D eigenvalue weighted by Gasteiger charge is 2.09. The number of carbonyl (C=O) groups is 1. The van der Waals surface area contributed by atoms with Gasteiger partial charge in [-0.15, -0.1) is 0 Å². The zero-order chi connectivity index (χ0) is 14.3. The summed E-state index contributed by atoms with van der Waals surface area (Å²) in [6, 6.07) is 8.30. The standard InChI is InChI=1S/C15H25N3O/c1-4-18(12(2)3)11-13-5-7-14(8-6-13)15(19)17-10-9-16/h5-8,12H,4,9-11,16H2,1-3H3,(H,17,19). The van der Waals surface area contributed by atoms with Gasteiger partial charge in [-0.3, -0.25) is 9.69 Å². The molecule has 0 radical (unpaired) electrons. The summed E-state index contributed by atoms with van der Waals surface area (Å²) >= 11 is 0. The van der Waals surface area contributed by atoms with E-state index in [0.717, 1.165) is 13.1 Å². The van der Waals surface area contributed by atoms with Crippen LogP contribution in [0.2, 0.25) is 0 Å². The van der Waals surface area contributed by atoms with E-state index < -0.39 is 0 Å². The van der Waals surface area contributed by atoms with Crippen molar-refractivity contribution < 1.29 is 4.79 Å². The number of hydrogen-bond acceptors (Lipinski definition) is 3. The monoisotopic (exact) mass is 263 g/mol. The summed E-state index contributed by atoms with van der Waals surface area (Å²) in [5, 5.41) is 2.76. The molecular weight excluding hydrogens is 238 g/mol. The molecule has 106 valence electrons. The molecule has 1 amide bonds. The number of benzene rings is 1. The summed E-state index contributed by atoms with van der Waals surface area (Å²) in [5.41, 5.74) is 7.27. The highest BCUT2D eigenvalue weighted by molar-refractivity contribution is 5.94. The van der Waals surface area contributed by atoms with Gasteiger partial charge >= 0.3 is 0 Å². The largest absolute Gasteiger partial charge is 0.351 e. The predicted octanol–water partition coefficient (Wildman–Crippen LogP) is 1.61. The predicted molar refractivity (Wildman–Crippen MR) is 79.0 cm³/mol. The van der Waals surface area contributed by atoms with Crippen LogP contribution in [0.3, 0.4) is 0 Å². The first kappa shape index (κ1) is 15.7. The van der Waals surface area contributed by atoms with E-state index in [1.807, 2.05) is 24.3 Å². The Hall–Kier alpha value is -1.39. The highest BCUT2D eigenvalue weighted by Crippen LogP contribution is 2.09. The Morgan fingerprint density at radius 3 is 2.42 bits per heavy atom. The van der Waals surface area contributed by atoms with Crippen molar-refractivity contribution in [3.63, 3.8) is 0 Å². The van der Waals surface area contributed by atoms with Gasteiger partial charge in [-0.05, 0) is 38.1 Å². The molecule has 19 heavy (non-hydrogen) atoms. The number of nitrogens with zero attached hydrogens (tertiary/aromatic N) is 1. The average Bonchev–Trinajstić information content (AvgIpc) is 2.42. The molecule has 0 atom stereocenters. The number of nitrogens with one attached hydrogen (secondary N) is 1. The van der Waals surface area contributed by atoms with Gasteiger partial charge in [-0.2, -0.15) is 0 Å². The van der Waals surface area contributed by atoms with Crippen LogP contribution in [0.1, 0.15) is 36.7 Å². The zero-order valence-electron chi connectivity index (χ0n) is 12.1. The minimum Gasteiger partial charge on any atom is -0.351 e. The maximum Gasteiger partial charge on any atom is 0.251 e. The Bertz CT molecular complexity index is 387. The van der Waals surface area contributed by atoms with Crippen LogP contribution in [0.15, 0.2) is 24.3 Å². The third-order valence-corrected chi connectivity index (χ3v) is 3.17. The molecule has 4 heteroatoms. The van der Waals surface area contributed by atoms with Crippen LogP contribution in [-0.2, 0) is 6.54 Å². The smallest absolute Gasteiger partial charge is 0.251 e. The first-order chi connectivity index (χ1) is 9.08. The van der Waals surface area contributed by atoms with Crippen molar-refractivity contribution in [2.24, 2.45) is 5.73 Å². The molecule has 4 nitrogen and oxygen atoms in total. The number of nitrogens with two attached hydrogens (primary N) is 1. The molecule has 0 aliphatic heterocycles. The van der Waals surface area contributed by atoms with Crippen LogP contribution in [0.5, 0.6) is 0 Å². The SMILES string of the molecule is CCN(Cc1ccc(C(=O)NCCN)cc1)C(C)C. The van der Waals surface area contributed by atoms with Crippen LogP contribution in [0, 0.1) is 0 Å². The Morgan fingerprint density at radius 1 is 1.32 bits per heavy atom. The van der Waals surface area contributed by atoms with Crippen LogP contribution < -0.4 is 11.1 Å². The molecule has 1 aromatic rings. The molecule has 0 saturated heterocycles. The van der Waals surface area contributed by atoms with Crippen LogP contribution in [-0.4, -0.2) is 36.5 Å². The second kappa shape index (κ2) is 7.92. The fourth-order valence-corrected chi connectivity index (χ4v) is 1.94. The summed E-state index contributed by atoms with van der Waals surface area (Å²) in [7, 11) is 0. The van der Waals surface area contributed by atoms with Gasteiger partial charge in [0.15, 0.2) is 0 Å². The van der Waals surface area contributed by atoms with Crippen LogP contribution in [0.4, 0.5) is 0 Å². The van der Waals surface area contributed by atoms with Gasteiger partial charge < -0.3 is 11.1 Å². The number of carbonyl (C=O) groups excluding carboxylic acids is 1.